The quantitative estimate of drug-likeness (QED) is 0.539. The molecule has 0 radical (unpaired) electrons. The third-order valence-electron chi connectivity index (χ3n) is 5.75. The van der Waals surface area contributed by atoms with Crippen molar-refractivity contribution in [1.29, 1.82) is 0 Å². The van der Waals surface area contributed by atoms with Gasteiger partial charge in [-0.3, -0.25) is 14.4 Å². The number of hydrogen-bond donors (Lipinski definition) is 2. The molecular formula is C24H26N4O3S2. The Morgan fingerprint density at radius 3 is 2.45 bits per heavy atom. The van der Waals surface area contributed by atoms with Crippen LogP contribution in [0.1, 0.15) is 48.0 Å². The highest BCUT2D eigenvalue weighted by molar-refractivity contribution is 7.14. The van der Waals surface area contributed by atoms with Crippen LogP contribution in [0.4, 0.5) is 5.13 Å². The molecule has 3 aromatic rings. The minimum absolute atomic E-state index is 0.0430. The van der Waals surface area contributed by atoms with Gasteiger partial charge >= 0.3 is 0 Å². The number of aromatic nitrogens is 1. The Kier molecular flexibility index (Phi) is 7.20. The first-order valence-electron chi connectivity index (χ1n) is 10.9. The number of hydrogen-bond acceptors (Lipinski definition) is 6. The molecule has 1 atom stereocenters. The first-order valence-corrected chi connectivity index (χ1v) is 12.6. The van der Waals surface area contributed by atoms with Crippen molar-refractivity contribution in [3.8, 4) is 11.3 Å². The lowest BCUT2D eigenvalue weighted by atomic mass is 9.96. The number of nitrogens with one attached hydrogen (secondary N) is 2. The Balaban J connectivity index is 1.31. The van der Waals surface area contributed by atoms with Crippen LogP contribution in [0.25, 0.3) is 11.3 Å². The van der Waals surface area contributed by atoms with Gasteiger partial charge in [0.1, 0.15) is 0 Å². The van der Waals surface area contributed by atoms with Crippen LogP contribution in [0.3, 0.4) is 0 Å². The maximum absolute atomic E-state index is 12.7. The summed E-state index contributed by atoms with van der Waals surface area (Å²) in [5, 5.41) is 10.2. The molecule has 7 nitrogen and oxygen atoms in total. The van der Waals surface area contributed by atoms with Crippen molar-refractivity contribution in [2.75, 3.05) is 18.4 Å². The van der Waals surface area contributed by atoms with Gasteiger partial charge in [-0.1, -0.05) is 30.3 Å². The summed E-state index contributed by atoms with van der Waals surface area (Å²) in [6.07, 6.45) is 1.30. The number of thiazole rings is 1. The molecule has 1 fully saturated rings. The van der Waals surface area contributed by atoms with E-state index < -0.39 is 0 Å². The molecule has 3 heterocycles. The first-order chi connectivity index (χ1) is 15.9. The number of piperidine rings is 1. The van der Waals surface area contributed by atoms with Crippen molar-refractivity contribution in [2.45, 2.75) is 32.7 Å². The molecule has 0 unspecified atom stereocenters. The summed E-state index contributed by atoms with van der Waals surface area (Å²) in [7, 11) is 0. The van der Waals surface area contributed by atoms with Crippen LogP contribution in [-0.4, -0.2) is 40.7 Å². The zero-order valence-corrected chi connectivity index (χ0v) is 20.2. The molecule has 33 heavy (non-hydrogen) atoms. The highest BCUT2D eigenvalue weighted by atomic mass is 32.1. The summed E-state index contributed by atoms with van der Waals surface area (Å²) in [5.74, 6) is -0.185. The molecule has 0 aliphatic carbocycles. The van der Waals surface area contributed by atoms with Crippen LogP contribution in [0.5, 0.6) is 0 Å². The summed E-state index contributed by atoms with van der Waals surface area (Å²) < 4.78 is 0. The highest BCUT2D eigenvalue weighted by Crippen LogP contribution is 2.28. The van der Waals surface area contributed by atoms with Gasteiger partial charge in [-0.05, 0) is 36.8 Å². The number of likely N-dealkylation sites (tertiary alicyclic amines) is 1. The SMILES string of the molecule is CC(=O)N[C@H](C)c1ccc(-c2csc(NC(=O)C3CCN(C(=O)c4cccs4)CC3)n2)cc1. The summed E-state index contributed by atoms with van der Waals surface area (Å²) >= 11 is 2.84. The molecule has 2 aromatic heterocycles. The van der Waals surface area contributed by atoms with Crippen LogP contribution in [-0.2, 0) is 9.59 Å². The van der Waals surface area contributed by atoms with Crippen LogP contribution in [0.2, 0.25) is 0 Å². The molecule has 1 saturated heterocycles. The third-order valence-corrected chi connectivity index (χ3v) is 7.36. The molecule has 2 N–H and O–H groups in total. The van der Waals surface area contributed by atoms with Crippen molar-refractivity contribution >= 4 is 45.5 Å². The Hall–Kier alpha value is -3.04. The average Bonchev–Trinajstić information content (AvgIpc) is 3.51. The van der Waals surface area contributed by atoms with E-state index in [0.29, 0.717) is 31.1 Å². The molecule has 1 aliphatic rings. The number of rotatable bonds is 6. The van der Waals surface area contributed by atoms with E-state index >= 15 is 0 Å². The molecule has 3 amide bonds. The van der Waals surface area contributed by atoms with E-state index in [1.54, 1.807) is 0 Å². The predicted molar refractivity (Wildman–Crippen MR) is 131 cm³/mol. The Labute approximate surface area is 200 Å². The van der Waals surface area contributed by atoms with Crippen molar-refractivity contribution in [3.63, 3.8) is 0 Å². The molecule has 0 saturated carbocycles. The number of amides is 3. The fraction of sp³-hybridized carbons (Fsp3) is 0.333. The van der Waals surface area contributed by atoms with Crippen LogP contribution in [0.15, 0.2) is 47.2 Å². The Morgan fingerprint density at radius 1 is 1.09 bits per heavy atom. The number of anilines is 1. The van der Waals surface area contributed by atoms with Gasteiger partial charge in [-0.2, -0.15) is 0 Å². The minimum atomic E-state index is -0.126. The Morgan fingerprint density at radius 2 is 1.82 bits per heavy atom. The van der Waals surface area contributed by atoms with Gasteiger partial charge in [0.2, 0.25) is 11.8 Å². The van der Waals surface area contributed by atoms with E-state index in [9.17, 15) is 14.4 Å². The van der Waals surface area contributed by atoms with E-state index in [4.69, 9.17) is 0 Å². The second-order valence-electron chi connectivity index (χ2n) is 8.12. The number of carbonyl (C=O) groups excluding carboxylic acids is 3. The summed E-state index contributed by atoms with van der Waals surface area (Å²) in [5.41, 5.74) is 2.76. The number of carbonyl (C=O) groups is 3. The van der Waals surface area contributed by atoms with Gasteiger partial charge in [-0.25, -0.2) is 4.98 Å². The van der Waals surface area contributed by atoms with Crippen LogP contribution < -0.4 is 10.6 Å². The second-order valence-corrected chi connectivity index (χ2v) is 9.92. The van der Waals surface area contributed by atoms with Gasteiger partial charge in [-0.15, -0.1) is 22.7 Å². The average molecular weight is 483 g/mol. The van der Waals surface area contributed by atoms with Gasteiger partial charge < -0.3 is 15.5 Å². The second kappa shape index (κ2) is 10.3. The van der Waals surface area contributed by atoms with Gasteiger partial charge in [0, 0.05) is 36.9 Å². The lowest BCUT2D eigenvalue weighted by Gasteiger charge is -2.30. The van der Waals surface area contributed by atoms with Gasteiger partial charge in [0.15, 0.2) is 5.13 Å². The third kappa shape index (κ3) is 5.66. The smallest absolute Gasteiger partial charge is 0.263 e. The lowest BCUT2D eigenvalue weighted by Crippen LogP contribution is -2.41. The number of nitrogens with zero attached hydrogens (tertiary/aromatic N) is 2. The van der Waals surface area contributed by atoms with Crippen molar-refractivity contribution in [3.05, 3.63) is 57.6 Å². The molecule has 4 rings (SSSR count). The maximum atomic E-state index is 12.7. The largest absolute Gasteiger partial charge is 0.350 e. The normalized spacial score (nSPS) is 15.2. The molecular weight excluding hydrogens is 456 g/mol. The van der Waals surface area contributed by atoms with Crippen molar-refractivity contribution < 1.29 is 14.4 Å². The molecule has 0 bridgehead atoms. The van der Waals surface area contributed by atoms with Crippen LogP contribution in [0, 0.1) is 5.92 Å². The summed E-state index contributed by atoms with van der Waals surface area (Å²) in [4.78, 5) is 43.6. The van der Waals surface area contributed by atoms with E-state index in [0.717, 1.165) is 21.7 Å². The molecule has 172 valence electrons. The fourth-order valence-electron chi connectivity index (χ4n) is 3.90. The van der Waals surface area contributed by atoms with Gasteiger partial charge in [0.05, 0.1) is 16.6 Å². The highest BCUT2D eigenvalue weighted by Gasteiger charge is 2.28. The zero-order chi connectivity index (χ0) is 23.4. The van der Waals surface area contributed by atoms with E-state index in [1.165, 1.54) is 29.6 Å². The number of thiophene rings is 1. The lowest BCUT2D eigenvalue weighted by molar-refractivity contribution is -0.121. The maximum Gasteiger partial charge on any atom is 0.263 e. The summed E-state index contributed by atoms with van der Waals surface area (Å²) in [6, 6.07) is 11.5. The molecule has 1 aromatic carbocycles. The van der Waals surface area contributed by atoms with E-state index in [-0.39, 0.29) is 29.7 Å². The van der Waals surface area contributed by atoms with Crippen molar-refractivity contribution in [1.82, 2.24) is 15.2 Å². The van der Waals surface area contributed by atoms with E-state index in [2.05, 4.69) is 15.6 Å². The molecule has 0 spiro atoms. The topological polar surface area (TPSA) is 91.4 Å². The molecule has 1 aliphatic heterocycles. The monoisotopic (exact) mass is 482 g/mol. The molecule has 9 heteroatoms. The number of benzene rings is 1. The predicted octanol–water partition coefficient (Wildman–Crippen LogP) is 4.56. The first kappa shape index (κ1) is 23.1. The summed E-state index contributed by atoms with van der Waals surface area (Å²) in [6.45, 7) is 4.61. The van der Waals surface area contributed by atoms with Crippen molar-refractivity contribution in [2.24, 2.45) is 5.92 Å². The van der Waals surface area contributed by atoms with Crippen LogP contribution >= 0.6 is 22.7 Å². The zero-order valence-electron chi connectivity index (χ0n) is 18.5. The minimum Gasteiger partial charge on any atom is -0.350 e. The van der Waals surface area contributed by atoms with Gasteiger partial charge in [0.25, 0.3) is 5.91 Å². The standard InChI is InChI=1S/C24H26N4O3S2/c1-15(25-16(2)29)17-5-7-18(8-6-17)20-14-33-24(26-20)27-22(30)19-9-11-28(12-10-19)23(31)21-4-3-13-32-21/h3-8,13-15,19H,9-12H2,1-2H3,(H,25,29)(H,26,27,30)/t15-/m1/s1. The fourth-order valence-corrected chi connectivity index (χ4v) is 5.32. The Bertz CT molecular complexity index is 1120. The van der Waals surface area contributed by atoms with E-state index in [1.807, 2.05) is 59.0 Å².